The van der Waals surface area contributed by atoms with Crippen LogP contribution in [0.4, 0.5) is 13.2 Å². The van der Waals surface area contributed by atoms with Crippen LogP contribution in [0.2, 0.25) is 0 Å². The van der Waals surface area contributed by atoms with Gasteiger partial charge in [-0.05, 0) is 37.6 Å². The number of carbonyl (C=O) groups is 1. The second kappa shape index (κ2) is 8.18. The number of aromatic nitrogens is 1. The molecule has 0 fully saturated rings. The van der Waals surface area contributed by atoms with Crippen LogP contribution in [-0.4, -0.2) is 36.3 Å². The van der Waals surface area contributed by atoms with Crippen LogP contribution < -0.4 is 10.9 Å². The average Bonchev–Trinajstić information content (AvgIpc) is 2.53. The molecule has 0 aliphatic carbocycles. The van der Waals surface area contributed by atoms with Crippen molar-refractivity contribution in [1.82, 2.24) is 10.3 Å². The third kappa shape index (κ3) is 5.73. The number of ether oxygens (including phenoxy) is 1. The van der Waals surface area contributed by atoms with Crippen molar-refractivity contribution >= 4 is 5.91 Å². The lowest BCUT2D eigenvalue weighted by atomic mass is 10.1. The van der Waals surface area contributed by atoms with Gasteiger partial charge in [-0.15, -0.1) is 0 Å². The average molecular weight is 368 g/mol. The number of hydrogen-bond donors (Lipinski definition) is 2. The molecule has 0 saturated heterocycles. The number of pyridine rings is 1. The van der Waals surface area contributed by atoms with E-state index in [9.17, 15) is 22.8 Å². The molecular formula is C18H19F3N2O3. The van der Waals surface area contributed by atoms with E-state index in [1.807, 2.05) is 31.2 Å². The molecule has 1 aromatic carbocycles. The minimum absolute atomic E-state index is 0.121. The highest BCUT2D eigenvalue weighted by molar-refractivity contribution is 5.94. The van der Waals surface area contributed by atoms with Crippen LogP contribution in [0, 0.1) is 6.92 Å². The second-order valence-corrected chi connectivity index (χ2v) is 5.99. The van der Waals surface area contributed by atoms with Gasteiger partial charge in [0.15, 0.2) is 0 Å². The van der Waals surface area contributed by atoms with Crippen molar-refractivity contribution in [1.29, 1.82) is 0 Å². The number of halogens is 3. The van der Waals surface area contributed by atoms with E-state index >= 15 is 0 Å². The van der Waals surface area contributed by atoms with Gasteiger partial charge in [-0.2, -0.15) is 13.2 Å². The maximum absolute atomic E-state index is 12.2. The summed E-state index contributed by atoms with van der Waals surface area (Å²) in [6, 6.07) is 9.81. The molecule has 0 unspecified atom stereocenters. The highest BCUT2D eigenvalue weighted by Crippen LogP contribution is 2.17. The summed E-state index contributed by atoms with van der Waals surface area (Å²) in [5.74, 6) is -0.676. The Labute approximate surface area is 148 Å². The molecule has 1 heterocycles. The van der Waals surface area contributed by atoms with Gasteiger partial charge in [-0.25, -0.2) is 0 Å². The first-order valence-electron chi connectivity index (χ1n) is 7.91. The zero-order valence-electron chi connectivity index (χ0n) is 14.3. The number of amides is 1. The van der Waals surface area contributed by atoms with Crippen molar-refractivity contribution in [3.05, 3.63) is 57.9 Å². The number of carbonyl (C=O) groups excluding carboxylic acids is 1. The third-order valence-corrected chi connectivity index (χ3v) is 3.49. The van der Waals surface area contributed by atoms with Gasteiger partial charge in [0.2, 0.25) is 0 Å². The molecule has 1 aromatic heterocycles. The molecule has 26 heavy (non-hydrogen) atoms. The number of alkyl halides is 3. The molecule has 0 bridgehead atoms. The van der Waals surface area contributed by atoms with Crippen molar-refractivity contribution in [2.45, 2.75) is 26.1 Å². The lowest BCUT2D eigenvalue weighted by Crippen LogP contribution is -2.39. The van der Waals surface area contributed by atoms with Gasteiger partial charge in [0, 0.05) is 11.7 Å². The van der Waals surface area contributed by atoms with E-state index in [2.05, 4.69) is 15.0 Å². The van der Waals surface area contributed by atoms with Crippen molar-refractivity contribution in [3.63, 3.8) is 0 Å². The zero-order chi connectivity index (χ0) is 19.3. The Morgan fingerprint density at radius 2 is 2.00 bits per heavy atom. The van der Waals surface area contributed by atoms with E-state index in [1.54, 1.807) is 6.07 Å². The highest BCUT2D eigenvalue weighted by Gasteiger charge is 2.27. The number of rotatable bonds is 6. The van der Waals surface area contributed by atoms with E-state index in [1.165, 1.54) is 13.0 Å². The van der Waals surface area contributed by atoms with Crippen LogP contribution in [0.25, 0.3) is 11.3 Å². The summed E-state index contributed by atoms with van der Waals surface area (Å²) in [4.78, 5) is 26.9. The molecule has 140 valence electrons. The van der Waals surface area contributed by atoms with Crippen LogP contribution >= 0.6 is 0 Å². The van der Waals surface area contributed by atoms with Crippen LogP contribution in [0.5, 0.6) is 0 Å². The molecule has 0 aliphatic heterocycles. The van der Waals surface area contributed by atoms with Crippen LogP contribution in [0.15, 0.2) is 41.2 Å². The number of benzene rings is 1. The Bertz CT molecular complexity index is 831. The highest BCUT2D eigenvalue weighted by atomic mass is 19.4. The molecule has 2 aromatic rings. The summed E-state index contributed by atoms with van der Waals surface area (Å²) < 4.78 is 40.6. The number of nitrogens with one attached hydrogen (secondary N) is 2. The summed E-state index contributed by atoms with van der Waals surface area (Å²) in [6.45, 7) is 1.71. The predicted molar refractivity (Wildman–Crippen MR) is 91.0 cm³/mol. The van der Waals surface area contributed by atoms with E-state index in [4.69, 9.17) is 0 Å². The minimum atomic E-state index is -4.42. The van der Waals surface area contributed by atoms with E-state index < -0.39 is 30.3 Å². The monoisotopic (exact) mass is 368 g/mol. The fourth-order valence-electron chi connectivity index (χ4n) is 2.33. The van der Waals surface area contributed by atoms with Gasteiger partial charge in [-0.3, -0.25) is 9.59 Å². The summed E-state index contributed by atoms with van der Waals surface area (Å²) >= 11 is 0. The fourth-order valence-corrected chi connectivity index (χ4v) is 2.33. The molecule has 2 rings (SSSR count). The Balaban J connectivity index is 2.02. The summed E-state index contributed by atoms with van der Waals surface area (Å²) in [6.07, 6.45) is -4.42. The smallest absolute Gasteiger partial charge is 0.370 e. The first-order valence-corrected chi connectivity index (χ1v) is 7.91. The largest absolute Gasteiger partial charge is 0.411 e. The molecule has 0 spiro atoms. The molecule has 8 heteroatoms. The zero-order valence-corrected chi connectivity index (χ0v) is 14.3. The van der Waals surface area contributed by atoms with Gasteiger partial charge < -0.3 is 15.0 Å². The first-order chi connectivity index (χ1) is 12.2. The van der Waals surface area contributed by atoms with Gasteiger partial charge in [0.25, 0.3) is 11.5 Å². The standard InChI is InChI=1S/C18H19F3N2O3/c1-11-4-3-5-13(8-11)15-7-6-14(17(25)23-15)16(24)22-12(2)9-26-10-18(19,20)21/h3-8,12H,9-10H2,1-2H3,(H,22,24)(H,23,25)/t12-/m1/s1. The number of hydrogen-bond acceptors (Lipinski definition) is 3. The molecule has 5 nitrogen and oxygen atoms in total. The number of aromatic amines is 1. The first kappa shape index (κ1) is 19.7. The van der Waals surface area contributed by atoms with E-state index in [-0.39, 0.29) is 12.2 Å². The third-order valence-electron chi connectivity index (χ3n) is 3.49. The lowest BCUT2D eigenvalue weighted by Gasteiger charge is -2.15. The maximum Gasteiger partial charge on any atom is 0.411 e. The van der Waals surface area contributed by atoms with Crippen LogP contribution in [0.1, 0.15) is 22.8 Å². The molecule has 1 amide bonds. The van der Waals surface area contributed by atoms with E-state index in [0.29, 0.717) is 5.69 Å². The maximum atomic E-state index is 12.2. The van der Waals surface area contributed by atoms with Crippen LogP contribution in [0.3, 0.4) is 0 Å². The quantitative estimate of drug-likeness (QED) is 0.823. The fraction of sp³-hybridized carbons (Fsp3) is 0.333. The summed E-state index contributed by atoms with van der Waals surface area (Å²) in [5.41, 5.74) is 1.70. The van der Waals surface area contributed by atoms with Crippen molar-refractivity contribution in [2.24, 2.45) is 0 Å². The summed E-state index contributed by atoms with van der Waals surface area (Å²) in [5, 5.41) is 2.44. The van der Waals surface area contributed by atoms with Crippen molar-refractivity contribution in [3.8, 4) is 11.3 Å². The van der Waals surface area contributed by atoms with Gasteiger partial charge >= 0.3 is 6.18 Å². The molecule has 1 atom stereocenters. The lowest BCUT2D eigenvalue weighted by molar-refractivity contribution is -0.174. The van der Waals surface area contributed by atoms with Gasteiger partial charge in [0.1, 0.15) is 12.2 Å². The number of aryl methyl sites for hydroxylation is 1. The van der Waals surface area contributed by atoms with E-state index in [0.717, 1.165) is 11.1 Å². The number of H-pyrrole nitrogens is 1. The molecular weight excluding hydrogens is 349 g/mol. The van der Waals surface area contributed by atoms with Gasteiger partial charge in [0.05, 0.1) is 6.61 Å². The Kier molecular flexibility index (Phi) is 6.20. The topological polar surface area (TPSA) is 71.2 Å². The van der Waals surface area contributed by atoms with Crippen molar-refractivity contribution < 1.29 is 22.7 Å². The molecule has 0 aliphatic rings. The van der Waals surface area contributed by atoms with Crippen molar-refractivity contribution in [2.75, 3.05) is 13.2 Å². The van der Waals surface area contributed by atoms with Crippen LogP contribution in [-0.2, 0) is 4.74 Å². The Hall–Kier alpha value is -2.61. The Morgan fingerprint density at radius 1 is 1.27 bits per heavy atom. The van der Waals surface area contributed by atoms with Gasteiger partial charge in [-0.1, -0.05) is 23.8 Å². The Morgan fingerprint density at radius 3 is 2.62 bits per heavy atom. The minimum Gasteiger partial charge on any atom is -0.370 e. The summed E-state index contributed by atoms with van der Waals surface area (Å²) in [7, 11) is 0. The molecule has 0 radical (unpaired) electrons. The normalized spacial score (nSPS) is 12.7. The predicted octanol–water partition coefficient (Wildman–Crippen LogP) is 3.05. The SMILES string of the molecule is Cc1cccc(-c2ccc(C(=O)N[C@H](C)COCC(F)(F)F)c(=O)[nH]2)c1. The molecule has 0 saturated carbocycles. The molecule has 2 N–H and O–H groups in total. The second-order valence-electron chi connectivity index (χ2n) is 5.99.